The largest absolute Gasteiger partial charge is 0.382 e. The van der Waals surface area contributed by atoms with E-state index in [1.54, 1.807) is 24.3 Å². The zero-order valence-corrected chi connectivity index (χ0v) is 22.8. The monoisotopic (exact) mass is 562 g/mol. The van der Waals surface area contributed by atoms with E-state index in [0.29, 0.717) is 39.2 Å². The second-order valence-corrected chi connectivity index (χ2v) is 10.2. The summed E-state index contributed by atoms with van der Waals surface area (Å²) in [7, 11) is 0. The van der Waals surface area contributed by atoms with Gasteiger partial charge in [-0.1, -0.05) is 46.3 Å². The molecule has 0 bridgehead atoms. The highest BCUT2D eigenvalue weighted by atomic mass is 32.1. The van der Waals surface area contributed by atoms with Crippen molar-refractivity contribution in [3.05, 3.63) is 59.7 Å². The number of carbonyl (C=O) groups excluding carboxylic acids is 2. The molecule has 13 heteroatoms. The van der Waals surface area contributed by atoms with Gasteiger partial charge in [0.15, 0.2) is 5.13 Å². The van der Waals surface area contributed by atoms with E-state index in [-0.39, 0.29) is 23.6 Å². The fourth-order valence-electron chi connectivity index (χ4n) is 4.17. The van der Waals surface area contributed by atoms with E-state index in [9.17, 15) is 9.59 Å². The number of nitrogen functional groups attached to an aromatic ring is 1. The number of nitrogens with one attached hydrogen (secondary N) is 3. The molecule has 4 aromatic rings. The van der Waals surface area contributed by atoms with Crippen LogP contribution in [-0.4, -0.2) is 71.4 Å². The summed E-state index contributed by atoms with van der Waals surface area (Å²) < 4.78 is 10.8. The van der Waals surface area contributed by atoms with E-state index < -0.39 is 0 Å². The number of aromatic nitrogens is 3. The smallest absolute Gasteiger partial charge is 0.321 e. The number of nitrogens with zero attached hydrogens (tertiary/aromatic N) is 4. The second-order valence-electron chi connectivity index (χ2n) is 9.25. The molecule has 0 unspecified atom stereocenters. The van der Waals surface area contributed by atoms with Crippen LogP contribution in [0.2, 0.25) is 0 Å². The van der Waals surface area contributed by atoms with E-state index in [4.69, 9.17) is 15.0 Å². The Morgan fingerprint density at radius 3 is 2.73 bits per heavy atom. The van der Waals surface area contributed by atoms with Crippen LogP contribution in [0.4, 0.5) is 21.4 Å². The van der Waals surface area contributed by atoms with Crippen LogP contribution < -0.4 is 21.7 Å². The summed E-state index contributed by atoms with van der Waals surface area (Å²) in [5.41, 5.74) is 8.89. The Kier molecular flexibility index (Phi) is 8.64. The van der Waals surface area contributed by atoms with Gasteiger partial charge in [0.25, 0.3) is 11.8 Å². The normalized spacial score (nSPS) is 13.6. The van der Waals surface area contributed by atoms with Crippen molar-refractivity contribution < 1.29 is 18.8 Å². The number of amides is 3. The van der Waals surface area contributed by atoms with E-state index in [0.717, 1.165) is 56.2 Å². The molecule has 3 heterocycles. The molecular formula is C27H30N8O4S. The van der Waals surface area contributed by atoms with Gasteiger partial charge < -0.3 is 25.6 Å². The number of ether oxygens (including phenoxy) is 1. The minimum absolute atomic E-state index is 0.169. The van der Waals surface area contributed by atoms with Crippen molar-refractivity contribution in [1.82, 2.24) is 25.3 Å². The van der Waals surface area contributed by atoms with Crippen molar-refractivity contribution in [2.24, 2.45) is 0 Å². The van der Waals surface area contributed by atoms with Gasteiger partial charge in [0.05, 0.1) is 13.2 Å². The summed E-state index contributed by atoms with van der Waals surface area (Å²) in [6, 6.07) is 14.1. The van der Waals surface area contributed by atoms with Crippen molar-refractivity contribution in [3.8, 4) is 22.2 Å². The molecule has 5 N–H and O–H groups in total. The number of hydrogen-bond donors (Lipinski definition) is 4. The highest BCUT2D eigenvalue weighted by molar-refractivity contribution is 7.19. The third kappa shape index (κ3) is 7.00. The topological polar surface area (TPSA) is 161 Å². The predicted molar refractivity (Wildman–Crippen MR) is 153 cm³/mol. The number of benzene rings is 2. The summed E-state index contributed by atoms with van der Waals surface area (Å²) in [6.45, 7) is 6.71. The third-order valence-electron chi connectivity index (χ3n) is 6.19. The molecule has 208 valence electrons. The summed E-state index contributed by atoms with van der Waals surface area (Å²) in [5.74, 6) is 0.454. The van der Waals surface area contributed by atoms with Crippen LogP contribution >= 0.6 is 11.3 Å². The van der Waals surface area contributed by atoms with E-state index in [1.807, 2.05) is 31.2 Å². The van der Waals surface area contributed by atoms with Gasteiger partial charge >= 0.3 is 6.03 Å². The lowest BCUT2D eigenvalue weighted by atomic mass is 10.1. The highest BCUT2D eigenvalue weighted by Gasteiger charge is 2.19. The Morgan fingerprint density at radius 1 is 1.07 bits per heavy atom. The summed E-state index contributed by atoms with van der Waals surface area (Å²) in [4.78, 5) is 36.4. The quantitative estimate of drug-likeness (QED) is 0.222. The number of urea groups is 1. The van der Waals surface area contributed by atoms with Crippen molar-refractivity contribution in [3.63, 3.8) is 0 Å². The number of anilines is 3. The summed E-state index contributed by atoms with van der Waals surface area (Å²) >= 11 is 1.14. The Bertz CT molecular complexity index is 1480. The lowest BCUT2D eigenvalue weighted by Crippen LogP contribution is -2.38. The number of hydrogen-bond acceptors (Lipinski definition) is 10. The molecule has 3 amide bonds. The van der Waals surface area contributed by atoms with Crippen LogP contribution in [0, 0.1) is 6.92 Å². The van der Waals surface area contributed by atoms with Gasteiger partial charge in [-0.05, 0) is 44.2 Å². The molecule has 12 nitrogen and oxygen atoms in total. The Balaban J connectivity index is 1.18. The molecule has 5 rings (SSSR count). The number of carbonyl (C=O) groups is 2. The van der Waals surface area contributed by atoms with E-state index in [1.165, 1.54) is 0 Å². The Labute approximate surface area is 234 Å². The lowest BCUT2D eigenvalue weighted by Gasteiger charge is -2.26. The van der Waals surface area contributed by atoms with Crippen LogP contribution in [0.3, 0.4) is 0 Å². The van der Waals surface area contributed by atoms with Gasteiger partial charge in [-0.2, -0.15) is 4.98 Å². The number of nitrogens with two attached hydrogens (primary N) is 1. The van der Waals surface area contributed by atoms with Crippen LogP contribution in [0.5, 0.6) is 0 Å². The first-order valence-corrected chi connectivity index (χ1v) is 13.7. The Morgan fingerprint density at radius 2 is 1.90 bits per heavy atom. The van der Waals surface area contributed by atoms with Crippen LogP contribution in [-0.2, 0) is 4.74 Å². The zero-order valence-electron chi connectivity index (χ0n) is 22.0. The predicted octanol–water partition coefficient (Wildman–Crippen LogP) is 3.85. The summed E-state index contributed by atoms with van der Waals surface area (Å²) in [5, 5.41) is 12.8. The van der Waals surface area contributed by atoms with Crippen LogP contribution in [0.25, 0.3) is 22.2 Å². The van der Waals surface area contributed by atoms with Gasteiger partial charge in [-0.3, -0.25) is 15.0 Å². The molecule has 1 aliphatic heterocycles. The van der Waals surface area contributed by atoms with Crippen LogP contribution in [0.1, 0.15) is 22.3 Å². The van der Waals surface area contributed by atoms with Gasteiger partial charge in [-0.15, -0.1) is 0 Å². The van der Waals surface area contributed by atoms with Crippen molar-refractivity contribution in [2.75, 3.05) is 55.8 Å². The molecule has 40 heavy (non-hydrogen) atoms. The number of thiazole rings is 1. The fourth-order valence-corrected chi connectivity index (χ4v) is 4.97. The third-order valence-corrected chi connectivity index (χ3v) is 7.17. The average Bonchev–Trinajstić information content (AvgIpc) is 3.58. The molecule has 2 aromatic heterocycles. The van der Waals surface area contributed by atoms with Crippen LogP contribution in [0.15, 0.2) is 53.1 Å². The second kappa shape index (κ2) is 12.7. The van der Waals surface area contributed by atoms with E-state index in [2.05, 4.69) is 36.0 Å². The van der Waals surface area contributed by atoms with Gasteiger partial charge in [0.1, 0.15) is 10.7 Å². The molecule has 2 aromatic carbocycles. The maximum atomic E-state index is 12.6. The molecule has 0 atom stereocenters. The lowest BCUT2D eigenvalue weighted by molar-refractivity contribution is 0.0375. The first-order chi connectivity index (χ1) is 19.4. The molecule has 0 saturated carbocycles. The zero-order chi connectivity index (χ0) is 27.9. The molecular weight excluding hydrogens is 532 g/mol. The molecule has 0 radical (unpaired) electrons. The fraction of sp³-hybridized carbons (Fsp3) is 0.296. The van der Waals surface area contributed by atoms with E-state index >= 15 is 0 Å². The van der Waals surface area contributed by atoms with Gasteiger partial charge in [0.2, 0.25) is 5.82 Å². The van der Waals surface area contributed by atoms with Gasteiger partial charge in [0, 0.05) is 36.4 Å². The SMILES string of the molecule is Cc1cccc(C(=O)Nc2cccc(-c3noc(-c4sc(NC(=O)NCCCN5CCOCC5)nc4N)n3)c2)c1. The standard InChI is InChI=1S/C27H30N8O4S/c1-17-5-2-7-19(15-17)24(36)30-20-8-3-6-18(16-20)23-32-25(39-34-23)21-22(28)31-27(40-21)33-26(37)29-9-4-10-35-11-13-38-14-12-35/h2-3,5-8,15-16H,4,9-14,28H2,1H3,(H,30,36)(H2,29,31,33,37). The molecule has 0 spiro atoms. The highest BCUT2D eigenvalue weighted by Crippen LogP contribution is 2.35. The maximum absolute atomic E-state index is 12.6. The number of aryl methyl sites for hydroxylation is 1. The first-order valence-electron chi connectivity index (χ1n) is 12.9. The molecule has 1 aliphatic rings. The number of rotatable bonds is 9. The minimum Gasteiger partial charge on any atom is -0.382 e. The van der Waals surface area contributed by atoms with Crippen molar-refractivity contribution in [1.29, 1.82) is 0 Å². The molecule has 1 saturated heterocycles. The Hall–Kier alpha value is -4.33. The minimum atomic E-state index is -0.363. The summed E-state index contributed by atoms with van der Waals surface area (Å²) in [6.07, 6.45) is 0.834. The average molecular weight is 563 g/mol. The molecule has 0 aliphatic carbocycles. The maximum Gasteiger partial charge on any atom is 0.321 e. The van der Waals surface area contributed by atoms with Gasteiger partial charge in [-0.25, -0.2) is 9.78 Å². The first kappa shape index (κ1) is 27.2. The van der Waals surface area contributed by atoms with Crippen molar-refractivity contribution >= 4 is 39.9 Å². The van der Waals surface area contributed by atoms with Crippen molar-refractivity contribution in [2.45, 2.75) is 13.3 Å². The molecule has 1 fully saturated rings. The number of morpholine rings is 1.